The van der Waals surface area contributed by atoms with Gasteiger partial charge in [-0.1, -0.05) is 50.8 Å². The molecule has 0 bridgehead atoms. The summed E-state index contributed by atoms with van der Waals surface area (Å²) < 4.78 is 4.91. The molecule has 0 saturated heterocycles. The SMILES string of the molecule is C=CCC(/C=C/CCCCOC(C)=O)CCCCCC. The summed E-state index contributed by atoms with van der Waals surface area (Å²) in [7, 11) is 0. The highest BCUT2D eigenvalue weighted by molar-refractivity contribution is 5.65. The molecule has 2 nitrogen and oxygen atoms in total. The van der Waals surface area contributed by atoms with Crippen molar-refractivity contribution in [1.29, 1.82) is 0 Å². The maximum atomic E-state index is 10.6. The topological polar surface area (TPSA) is 26.3 Å². The minimum absolute atomic E-state index is 0.182. The zero-order valence-corrected chi connectivity index (χ0v) is 13.4. The van der Waals surface area contributed by atoms with E-state index >= 15 is 0 Å². The van der Waals surface area contributed by atoms with Crippen LogP contribution >= 0.6 is 0 Å². The molecule has 0 radical (unpaired) electrons. The van der Waals surface area contributed by atoms with E-state index in [-0.39, 0.29) is 5.97 Å². The summed E-state index contributed by atoms with van der Waals surface area (Å²) in [6.45, 7) is 8.10. The summed E-state index contributed by atoms with van der Waals surface area (Å²) in [5.41, 5.74) is 0. The number of unbranched alkanes of at least 4 members (excludes halogenated alkanes) is 5. The molecule has 1 unspecified atom stereocenters. The summed E-state index contributed by atoms with van der Waals surface area (Å²) in [6.07, 6.45) is 17.4. The third kappa shape index (κ3) is 13.4. The highest BCUT2D eigenvalue weighted by Gasteiger charge is 2.02. The molecule has 116 valence electrons. The van der Waals surface area contributed by atoms with Gasteiger partial charge in [0.2, 0.25) is 0 Å². The van der Waals surface area contributed by atoms with Gasteiger partial charge in [-0.05, 0) is 38.0 Å². The molecule has 0 aromatic heterocycles. The first-order valence-electron chi connectivity index (χ1n) is 8.11. The number of rotatable bonds is 13. The van der Waals surface area contributed by atoms with Crippen molar-refractivity contribution < 1.29 is 9.53 Å². The Kier molecular flexibility index (Phi) is 13.6. The van der Waals surface area contributed by atoms with Crippen LogP contribution < -0.4 is 0 Å². The van der Waals surface area contributed by atoms with Gasteiger partial charge in [0.05, 0.1) is 6.61 Å². The van der Waals surface area contributed by atoms with Gasteiger partial charge in [-0.3, -0.25) is 4.79 Å². The Morgan fingerprint density at radius 2 is 2.00 bits per heavy atom. The van der Waals surface area contributed by atoms with Crippen LogP contribution in [0.15, 0.2) is 24.8 Å². The molecule has 0 heterocycles. The largest absolute Gasteiger partial charge is 0.466 e. The molecule has 0 amide bonds. The minimum atomic E-state index is -0.182. The third-order valence-corrected chi connectivity index (χ3v) is 3.38. The van der Waals surface area contributed by atoms with Gasteiger partial charge in [0.25, 0.3) is 0 Å². The zero-order chi connectivity index (χ0) is 15.1. The average Bonchev–Trinajstić information content (AvgIpc) is 2.42. The van der Waals surface area contributed by atoms with Gasteiger partial charge >= 0.3 is 5.97 Å². The van der Waals surface area contributed by atoms with Crippen molar-refractivity contribution in [2.24, 2.45) is 5.92 Å². The summed E-state index contributed by atoms with van der Waals surface area (Å²) >= 11 is 0. The molecule has 0 saturated carbocycles. The number of ether oxygens (including phenoxy) is 1. The lowest BCUT2D eigenvalue weighted by molar-refractivity contribution is -0.141. The maximum absolute atomic E-state index is 10.6. The molecule has 2 heteroatoms. The summed E-state index contributed by atoms with van der Waals surface area (Å²) in [4.78, 5) is 10.6. The second-order valence-electron chi connectivity index (χ2n) is 5.40. The van der Waals surface area contributed by atoms with Crippen LogP contribution in [0.3, 0.4) is 0 Å². The standard InChI is InChI=1S/C18H32O2/c1-4-6-7-10-14-18(13-5-2)15-11-8-9-12-16-20-17(3)19/h5,11,15,18H,2,4,6-10,12-14,16H2,1,3H3/b15-11+. The molecule has 20 heavy (non-hydrogen) atoms. The quantitative estimate of drug-likeness (QED) is 0.255. The molecular formula is C18H32O2. The van der Waals surface area contributed by atoms with E-state index in [4.69, 9.17) is 4.74 Å². The highest BCUT2D eigenvalue weighted by Crippen LogP contribution is 2.17. The van der Waals surface area contributed by atoms with E-state index in [2.05, 4.69) is 25.7 Å². The van der Waals surface area contributed by atoms with Crippen molar-refractivity contribution in [2.75, 3.05) is 6.61 Å². The van der Waals surface area contributed by atoms with E-state index in [1.807, 2.05) is 6.08 Å². The molecule has 0 spiro atoms. The van der Waals surface area contributed by atoms with Crippen molar-refractivity contribution in [3.8, 4) is 0 Å². The average molecular weight is 280 g/mol. The first kappa shape index (κ1) is 18.9. The van der Waals surface area contributed by atoms with Gasteiger partial charge in [-0.15, -0.1) is 6.58 Å². The number of allylic oxidation sites excluding steroid dienone is 3. The van der Waals surface area contributed by atoms with Crippen molar-refractivity contribution in [1.82, 2.24) is 0 Å². The Labute approximate surface area is 125 Å². The van der Waals surface area contributed by atoms with E-state index in [0.29, 0.717) is 12.5 Å². The smallest absolute Gasteiger partial charge is 0.302 e. The van der Waals surface area contributed by atoms with Crippen LogP contribution in [-0.2, 0) is 9.53 Å². The van der Waals surface area contributed by atoms with Crippen LogP contribution in [0.2, 0.25) is 0 Å². The zero-order valence-electron chi connectivity index (χ0n) is 13.4. The van der Waals surface area contributed by atoms with Gasteiger partial charge < -0.3 is 4.74 Å². The van der Waals surface area contributed by atoms with E-state index in [1.54, 1.807) is 0 Å². The number of carbonyl (C=O) groups is 1. The lowest BCUT2D eigenvalue weighted by Gasteiger charge is -2.10. The van der Waals surface area contributed by atoms with Gasteiger partial charge in [0.15, 0.2) is 0 Å². The molecule has 0 aliphatic heterocycles. The van der Waals surface area contributed by atoms with Crippen LogP contribution in [0.1, 0.15) is 71.6 Å². The molecular weight excluding hydrogens is 248 g/mol. The van der Waals surface area contributed by atoms with Gasteiger partial charge in [0.1, 0.15) is 0 Å². The normalized spacial score (nSPS) is 12.5. The van der Waals surface area contributed by atoms with Crippen molar-refractivity contribution in [2.45, 2.75) is 71.6 Å². The van der Waals surface area contributed by atoms with E-state index in [1.165, 1.54) is 39.0 Å². The summed E-state index contributed by atoms with van der Waals surface area (Å²) in [5.74, 6) is 0.469. The fourth-order valence-corrected chi connectivity index (χ4v) is 2.21. The first-order valence-corrected chi connectivity index (χ1v) is 8.11. The van der Waals surface area contributed by atoms with Crippen molar-refractivity contribution in [3.05, 3.63) is 24.8 Å². The second-order valence-corrected chi connectivity index (χ2v) is 5.40. The molecule has 0 aliphatic rings. The number of carbonyl (C=O) groups excluding carboxylic acids is 1. The molecule has 0 fully saturated rings. The number of hydrogen-bond acceptors (Lipinski definition) is 2. The minimum Gasteiger partial charge on any atom is -0.466 e. The summed E-state index contributed by atoms with van der Waals surface area (Å²) in [5, 5.41) is 0. The third-order valence-electron chi connectivity index (χ3n) is 3.38. The Hall–Kier alpha value is -1.05. The first-order chi connectivity index (χ1) is 9.70. The van der Waals surface area contributed by atoms with Gasteiger partial charge in [-0.2, -0.15) is 0 Å². The Bertz CT molecular complexity index is 269. The molecule has 0 aromatic carbocycles. The van der Waals surface area contributed by atoms with E-state index in [9.17, 15) is 4.79 Å². The number of esters is 1. The second kappa shape index (κ2) is 14.4. The molecule has 0 N–H and O–H groups in total. The van der Waals surface area contributed by atoms with Gasteiger partial charge in [-0.25, -0.2) is 0 Å². The monoisotopic (exact) mass is 280 g/mol. The fraction of sp³-hybridized carbons (Fsp3) is 0.722. The van der Waals surface area contributed by atoms with Crippen LogP contribution in [0, 0.1) is 5.92 Å². The lowest BCUT2D eigenvalue weighted by Crippen LogP contribution is -2.00. The van der Waals surface area contributed by atoms with Crippen LogP contribution in [0.4, 0.5) is 0 Å². The molecule has 0 aliphatic carbocycles. The predicted octanol–water partition coefficient (Wildman–Crippen LogP) is 5.44. The highest BCUT2D eigenvalue weighted by atomic mass is 16.5. The Balaban J connectivity index is 3.67. The predicted molar refractivity (Wildman–Crippen MR) is 86.7 cm³/mol. The van der Waals surface area contributed by atoms with Crippen LogP contribution in [0.5, 0.6) is 0 Å². The Morgan fingerprint density at radius 3 is 2.65 bits per heavy atom. The summed E-state index contributed by atoms with van der Waals surface area (Å²) in [6, 6.07) is 0. The molecule has 1 atom stereocenters. The number of hydrogen-bond donors (Lipinski definition) is 0. The fourth-order valence-electron chi connectivity index (χ4n) is 2.21. The lowest BCUT2D eigenvalue weighted by atomic mass is 9.96. The van der Waals surface area contributed by atoms with Crippen LogP contribution in [0.25, 0.3) is 0 Å². The molecule has 0 aromatic rings. The van der Waals surface area contributed by atoms with Crippen molar-refractivity contribution >= 4 is 5.97 Å². The van der Waals surface area contributed by atoms with Crippen molar-refractivity contribution in [3.63, 3.8) is 0 Å². The van der Waals surface area contributed by atoms with Crippen LogP contribution in [-0.4, -0.2) is 12.6 Å². The van der Waals surface area contributed by atoms with Gasteiger partial charge in [0, 0.05) is 6.92 Å². The van der Waals surface area contributed by atoms with E-state index in [0.717, 1.165) is 25.7 Å². The maximum Gasteiger partial charge on any atom is 0.302 e. The Morgan fingerprint density at radius 1 is 1.20 bits per heavy atom. The van der Waals surface area contributed by atoms with E-state index < -0.39 is 0 Å². The molecule has 0 rings (SSSR count).